The van der Waals surface area contributed by atoms with Crippen molar-refractivity contribution in [1.82, 2.24) is 4.90 Å². The van der Waals surface area contributed by atoms with Gasteiger partial charge in [0.1, 0.15) is 21.9 Å². The van der Waals surface area contributed by atoms with Crippen molar-refractivity contribution in [3.8, 4) is 11.5 Å². The van der Waals surface area contributed by atoms with Crippen LogP contribution >= 0.6 is 24.0 Å². The molecule has 188 valence electrons. The number of hydrogen-bond donors (Lipinski definition) is 3. The Labute approximate surface area is 222 Å². The molecule has 4 rings (SSSR count). The Morgan fingerprint density at radius 3 is 2.35 bits per heavy atom. The van der Waals surface area contributed by atoms with E-state index in [9.17, 15) is 24.6 Å². The third kappa shape index (κ3) is 6.75. The van der Waals surface area contributed by atoms with Crippen molar-refractivity contribution in [3.63, 3.8) is 0 Å². The number of nitrogens with one attached hydrogen (secondary N) is 1. The lowest BCUT2D eigenvalue weighted by molar-refractivity contribution is -0.145. The van der Waals surface area contributed by atoms with Crippen LogP contribution in [-0.2, 0) is 20.8 Å². The fourth-order valence-corrected chi connectivity index (χ4v) is 4.93. The Hall–Kier alpha value is -4.15. The molecule has 0 aliphatic carbocycles. The van der Waals surface area contributed by atoms with Crippen molar-refractivity contribution >= 4 is 57.8 Å². The lowest BCUT2D eigenvalue weighted by atomic mass is 10.0. The number of thiocarbonyl (C=S) groups is 1. The summed E-state index contributed by atoms with van der Waals surface area (Å²) in [4.78, 5) is 38.5. The molecule has 37 heavy (non-hydrogen) atoms. The summed E-state index contributed by atoms with van der Waals surface area (Å²) in [6.07, 6.45) is 1.67. The van der Waals surface area contributed by atoms with Crippen LogP contribution in [0.1, 0.15) is 11.1 Å². The summed E-state index contributed by atoms with van der Waals surface area (Å²) in [5, 5.41) is 22.0. The van der Waals surface area contributed by atoms with Crippen molar-refractivity contribution in [2.75, 3.05) is 11.9 Å². The minimum atomic E-state index is -1.18. The van der Waals surface area contributed by atoms with Gasteiger partial charge < -0.3 is 20.3 Å². The van der Waals surface area contributed by atoms with Crippen molar-refractivity contribution in [3.05, 3.63) is 94.9 Å². The van der Waals surface area contributed by atoms with Gasteiger partial charge in [0.2, 0.25) is 0 Å². The second kappa shape index (κ2) is 11.7. The smallest absolute Gasteiger partial charge is 0.327 e. The minimum absolute atomic E-state index is 0.0409. The maximum atomic E-state index is 13.1. The first-order valence-corrected chi connectivity index (χ1v) is 12.4. The summed E-state index contributed by atoms with van der Waals surface area (Å²) in [5.74, 6) is -1.41. The molecular weight excluding hydrogens is 512 g/mol. The lowest BCUT2D eigenvalue weighted by Gasteiger charge is -2.23. The van der Waals surface area contributed by atoms with Crippen LogP contribution in [0.25, 0.3) is 6.08 Å². The van der Waals surface area contributed by atoms with E-state index in [1.165, 1.54) is 12.1 Å². The normalized spacial score (nSPS) is 15.0. The molecule has 2 amide bonds. The van der Waals surface area contributed by atoms with E-state index in [4.69, 9.17) is 17.0 Å². The number of amides is 2. The zero-order chi connectivity index (χ0) is 26.4. The van der Waals surface area contributed by atoms with E-state index in [-0.39, 0.29) is 29.0 Å². The van der Waals surface area contributed by atoms with E-state index >= 15 is 0 Å². The monoisotopic (exact) mass is 534 g/mol. The van der Waals surface area contributed by atoms with Gasteiger partial charge in [0.25, 0.3) is 11.8 Å². The van der Waals surface area contributed by atoms with Crippen molar-refractivity contribution in [2.24, 2.45) is 0 Å². The first-order valence-electron chi connectivity index (χ1n) is 11.2. The first kappa shape index (κ1) is 25.9. The largest absolute Gasteiger partial charge is 0.508 e. The third-order valence-corrected chi connectivity index (χ3v) is 6.72. The lowest BCUT2D eigenvalue weighted by Crippen LogP contribution is -2.45. The Balaban J connectivity index is 1.39. The molecule has 8 nitrogen and oxygen atoms in total. The number of nitrogens with zero attached hydrogens (tertiary/aromatic N) is 1. The molecule has 3 N–H and O–H groups in total. The molecular formula is C27H22N2O6S2. The van der Waals surface area contributed by atoms with Gasteiger partial charge in [-0.1, -0.05) is 66.4 Å². The molecule has 0 spiro atoms. The average molecular weight is 535 g/mol. The van der Waals surface area contributed by atoms with Crippen LogP contribution in [0.3, 0.4) is 0 Å². The molecule has 0 saturated carbocycles. The minimum Gasteiger partial charge on any atom is -0.508 e. The molecule has 1 fully saturated rings. The van der Waals surface area contributed by atoms with Gasteiger partial charge in [0.15, 0.2) is 6.61 Å². The standard InChI is InChI=1S/C27H22N2O6S2/c30-20-10-6-17(7-11-20)14-22(26(33)34)29-25(32)23(37-27(29)36)15-18-8-12-21(13-9-18)35-16-24(31)28-19-4-2-1-3-5-19/h1-13,15,22,30H,14,16H2,(H,28,31)(H,33,34)/b23-15-. The molecule has 1 atom stereocenters. The molecule has 0 bridgehead atoms. The molecule has 1 saturated heterocycles. The molecule has 0 radical (unpaired) electrons. The summed E-state index contributed by atoms with van der Waals surface area (Å²) in [7, 11) is 0. The second-order valence-electron chi connectivity index (χ2n) is 8.05. The number of rotatable bonds is 9. The zero-order valence-electron chi connectivity index (χ0n) is 19.4. The van der Waals surface area contributed by atoms with E-state index in [1.807, 2.05) is 18.2 Å². The summed E-state index contributed by atoms with van der Waals surface area (Å²) >= 11 is 6.37. The number of aliphatic carboxylic acids is 1. The van der Waals surface area contributed by atoms with Gasteiger partial charge in [0.05, 0.1) is 4.91 Å². The topological polar surface area (TPSA) is 116 Å². The number of anilines is 1. The second-order valence-corrected chi connectivity index (χ2v) is 9.72. The molecule has 1 heterocycles. The predicted molar refractivity (Wildman–Crippen MR) is 145 cm³/mol. The summed E-state index contributed by atoms with van der Waals surface area (Å²) in [6.45, 7) is -0.162. The van der Waals surface area contributed by atoms with E-state index in [1.54, 1.807) is 54.6 Å². The number of thioether (sulfide) groups is 1. The Morgan fingerprint density at radius 2 is 1.70 bits per heavy atom. The van der Waals surface area contributed by atoms with E-state index in [0.717, 1.165) is 16.7 Å². The number of ether oxygens (including phenoxy) is 1. The van der Waals surface area contributed by atoms with Crippen LogP contribution in [0.4, 0.5) is 5.69 Å². The summed E-state index contributed by atoms with van der Waals surface area (Å²) < 4.78 is 5.69. The van der Waals surface area contributed by atoms with Crippen LogP contribution in [0.15, 0.2) is 83.8 Å². The van der Waals surface area contributed by atoms with Gasteiger partial charge in [-0.2, -0.15) is 0 Å². The molecule has 0 aromatic heterocycles. The summed E-state index contributed by atoms with van der Waals surface area (Å²) in [6, 6.07) is 20.8. The fraction of sp³-hybridized carbons (Fsp3) is 0.111. The number of hydrogen-bond acceptors (Lipinski definition) is 7. The predicted octanol–water partition coefficient (Wildman–Crippen LogP) is 4.31. The highest BCUT2D eigenvalue weighted by Crippen LogP contribution is 2.35. The maximum Gasteiger partial charge on any atom is 0.327 e. The summed E-state index contributed by atoms with van der Waals surface area (Å²) in [5.41, 5.74) is 2.01. The van der Waals surface area contributed by atoms with Crippen LogP contribution < -0.4 is 10.1 Å². The number of carbonyl (C=O) groups excluding carboxylic acids is 2. The van der Waals surface area contributed by atoms with Crippen molar-refractivity contribution < 1.29 is 29.3 Å². The number of aromatic hydroxyl groups is 1. The highest BCUT2D eigenvalue weighted by Gasteiger charge is 2.40. The Bertz CT molecular complexity index is 1340. The third-order valence-electron chi connectivity index (χ3n) is 5.39. The maximum absolute atomic E-state index is 13.1. The first-order chi connectivity index (χ1) is 17.8. The van der Waals surface area contributed by atoms with Gasteiger partial charge in [-0.25, -0.2) is 4.79 Å². The van der Waals surface area contributed by atoms with Crippen LogP contribution in [0.5, 0.6) is 11.5 Å². The van der Waals surface area contributed by atoms with Gasteiger partial charge in [-0.05, 0) is 53.6 Å². The number of benzene rings is 3. The van der Waals surface area contributed by atoms with Crippen LogP contribution in [0, 0.1) is 0 Å². The molecule has 10 heteroatoms. The van der Waals surface area contributed by atoms with Gasteiger partial charge in [-0.15, -0.1) is 0 Å². The zero-order valence-corrected chi connectivity index (χ0v) is 21.0. The number of carbonyl (C=O) groups is 3. The van der Waals surface area contributed by atoms with Crippen molar-refractivity contribution in [2.45, 2.75) is 12.5 Å². The van der Waals surface area contributed by atoms with Crippen LogP contribution in [-0.4, -0.2) is 49.9 Å². The van der Waals surface area contributed by atoms with E-state index in [2.05, 4.69) is 5.32 Å². The van der Waals surface area contributed by atoms with Gasteiger partial charge in [-0.3, -0.25) is 14.5 Å². The number of para-hydroxylation sites is 1. The van der Waals surface area contributed by atoms with Crippen LogP contribution in [0.2, 0.25) is 0 Å². The highest BCUT2D eigenvalue weighted by atomic mass is 32.2. The number of phenols is 1. The van der Waals surface area contributed by atoms with E-state index < -0.39 is 17.9 Å². The number of phenolic OH excluding ortho intramolecular Hbond substituents is 1. The molecule has 3 aromatic carbocycles. The average Bonchev–Trinajstić information content (AvgIpc) is 3.16. The molecule has 1 aliphatic rings. The quantitative estimate of drug-likeness (QED) is 0.275. The number of carboxylic acid groups (broad SMARTS) is 1. The SMILES string of the molecule is O=C(COc1ccc(/C=C2\SC(=S)N(C(Cc3ccc(O)cc3)C(=O)O)C2=O)cc1)Nc1ccccc1. The Kier molecular flexibility index (Phi) is 8.22. The van der Waals surface area contributed by atoms with E-state index in [0.29, 0.717) is 27.5 Å². The molecule has 1 unspecified atom stereocenters. The molecule has 3 aromatic rings. The fourth-order valence-electron chi connectivity index (χ4n) is 3.57. The molecule has 1 aliphatic heterocycles. The van der Waals surface area contributed by atoms with Gasteiger partial charge in [0, 0.05) is 12.1 Å². The highest BCUT2D eigenvalue weighted by molar-refractivity contribution is 8.26. The number of carboxylic acids is 1. The Morgan fingerprint density at radius 1 is 1.03 bits per heavy atom. The van der Waals surface area contributed by atoms with Crippen molar-refractivity contribution in [1.29, 1.82) is 0 Å². The van der Waals surface area contributed by atoms with Gasteiger partial charge >= 0.3 is 5.97 Å².